The topological polar surface area (TPSA) is 26.0 Å². The van der Waals surface area contributed by atoms with Crippen molar-refractivity contribution < 1.29 is 0 Å². The molecule has 4 aliphatic rings. The molecule has 5 rings (SSSR count). The van der Waals surface area contributed by atoms with Gasteiger partial charge in [-0.3, -0.25) is 0 Å². The van der Waals surface area contributed by atoms with Crippen molar-refractivity contribution in [1.29, 1.82) is 0 Å². The second kappa shape index (κ2) is 5.76. The van der Waals surface area contributed by atoms with Crippen molar-refractivity contribution in [3.05, 3.63) is 35.9 Å². The third kappa shape index (κ3) is 2.77. The molecule has 21 heavy (non-hydrogen) atoms. The van der Waals surface area contributed by atoms with Gasteiger partial charge in [-0.05, 0) is 86.5 Å². The molecule has 0 saturated heterocycles. The van der Waals surface area contributed by atoms with Crippen LogP contribution in [0.15, 0.2) is 30.3 Å². The minimum absolute atomic E-state index is 0.462. The molecule has 0 aromatic heterocycles. The SMILES string of the molecule is NC(CCCc1ccccc1)C1C2CC3CC(C2)CC1C3. The van der Waals surface area contributed by atoms with Gasteiger partial charge in [-0.1, -0.05) is 30.3 Å². The lowest BCUT2D eigenvalue weighted by atomic mass is 9.50. The van der Waals surface area contributed by atoms with E-state index in [9.17, 15) is 0 Å². The van der Waals surface area contributed by atoms with Crippen molar-refractivity contribution in [2.75, 3.05) is 0 Å². The van der Waals surface area contributed by atoms with E-state index in [4.69, 9.17) is 5.73 Å². The monoisotopic (exact) mass is 283 g/mol. The molecule has 0 amide bonds. The molecule has 0 radical (unpaired) electrons. The third-order valence-electron chi connectivity index (χ3n) is 6.64. The van der Waals surface area contributed by atoms with Gasteiger partial charge in [-0.15, -0.1) is 0 Å². The lowest BCUT2D eigenvalue weighted by Gasteiger charge is -2.56. The van der Waals surface area contributed by atoms with Gasteiger partial charge in [0.2, 0.25) is 0 Å². The molecule has 1 aromatic carbocycles. The van der Waals surface area contributed by atoms with Crippen molar-refractivity contribution in [1.82, 2.24) is 0 Å². The maximum absolute atomic E-state index is 6.66. The number of benzene rings is 1. The van der Waals surface area contributed by atoms with Gasteiger partial charge in [0, 0.05) is 6.04 Å². The number of rotatable bonds is 5. The van der Waals surface area contributed by atoms with Crippen LogP contribution in [0, 0.1) is 29.6 Å². The molecule has 1 nitrogen and oxygen atoms in total. The first-order valence-corrected chi connectivity index (χ1v) is 9.09. The van der Waals surface area contributed by atoms with Crippen molar-refractivity contribution in [3.63, 3.8) is 0 Å². The second-order valence-electron chi connectivity index (χ2n) is 8.05. The molecular formula is C20H29N. The Morgan fingerprint density at radius 1 is 0.905 bits per heavy atom. The highest BCUT2D eigenvalue weighted by atomic mass is 14.7. The van der Waals surface area contributed by atoms with Crippen molar-refractivity contribution in [2.45, 2.75) is 57.4 Å². The van der Waals surface area contributed by atoms with Crippen LogP contribution in [0.1, 0.15) is 50.5 Å². The average Bonchev–Trinajstić information content (AvgIpc) is 2.47. The lowest BCUT2D eigenvalue weighted by Crippen LogP contribution is -2.51. The van der Waals surface area contributed by atoms with E-state index in [0.717, 1.165) is 29.6 Å². The molecule has 4 aliphatic carbocycles. The molecule has 2 N–H and O–H groups in total. The first kappa shape index (κ1) is 13.8. The molecule has 1 heteroatoms. The van der Waals surface area contributed by atoms with Gasteiger partial charge in [-0.2, -0.15) is 0 Å². The Bertz CT molecular complexity index is 438. The van der Waals surface area contributed by atoms with Crippen LogP contribution in [0.25, 0.3) is 0 Å². The molecule has 4 saturated carbocycles. The molecule has 1 aromatic rings. The van der Waals surface area contributed by atoms with E-state index in [1.54, 1.807) is 6.42 Å². The normalized spacial score (nSPS) is 38.6. The summed E-state index contributed by atoms with van der Waals surface area (Å²) in [7, 11) is 0. The summed E-state index contributed by atoms with van der Waals surface area (Å²) in [6.45, 7) is 0. The van der Waals surface area contributed by atoms with Gasteiger partial charge < -0.3 is 5.73 Å². The lowest BCUT2D eigenvalue weighted by molar-refractivity contribution is -0.0477. The Kier molecular flexibility index (Phi) is 3.79. The van der Waals surface area contributed by atoms with Crippen LogP contribution in [0.2, 0.25) is 0 Å². The van der Waals surface area contributed by atoms with Crippen LogP contribution in [0.4, 0.5) is 0 Å². The molecule has 4 bridgehead atoms. The Morgan fingerprint density at radius 2 is 1.52 bits per heavy atom. The Hall–Kier alpha value is -0.820. The van der Waals surface area contributed by atoms with Gasteiger partial charge in [0.15, 0.2) is 0 Å². The standard InChI is InChI=1S/C20H29N/c21-19(8-4-7-14-5-2-1-3-6-14)20-17-10-15-9-16(12-17)13-18(20)11-15/h1-3,5-6,15-20H,4,7-13,21H2. The molecule has 0 spiro atoms. The van der Waals surface area contributed by atoms with E-state index in [-0.39, 0.29) is 0 Å². The number of nitrogens with two attached hydrogens (primary N) is 1. The molecule has 1 atom stereocenters. The second-order valence-corrected chi connectivity index (χ2v) is 8.05. The fourth-order valence-electron chi connectivity index (χ4n) is 6.05. The molecule has 4 fully saturated rings. The largest absolute Gasteiger partial charge is 0.327 e. The highest BCUT2D eigenvalue weighted by molar-refractivity contribution is 5.14. The highest BCUT2D eigenvalue weighted by Gasteiger charge is 2.49. The fourth-order valence-corrected chi connectivity index (χ4v) is 6.05. The van der Waals surface area contributed by atoms with Gasteiger partial charge >= 0.3 is 0 Å². The molecular weight excluding hydrogens is 254 g/mol. The predicted octanol–water partition coefficient (Wildman–Crippen LogP) is 4.41. The maximum atomic E-state index is 6.66. The molecule has 0 heterocycles. The molecule has 0 aliphatic heterocycles. The number of hydrogen-bond donors (Lipinski definition) is 1. The van der Waals surface area contributed by atoms with E-state index in [0.29, 0.717) is 6.04 Å². The van der Waals surface area contributed by atoms with E-state index < -0.39 is 0 Å². The zero-order chi connectivity index (χ0) is 14.2. The molecule has 114 valence electrons. The van der Waals surface area contributed by atoms with Crippen LogP contribution in [-0.2, 0) is 6.42 Å². The van der Waals surface area contributed by atoms with E-state index in [2.05, 4.69) is 30.3 Å². The van der Waals surface area contributed by atoms with Gasteiger partial charge in [0.05, 0.1) is 0 Å². The van der Waals surface area contributed by atoms with Crippen LogP contribution in [0.5, 0.6) is 0 Å². The predicted molar refractivity (Wildman–Crippen MR) is 87.9 cm³/mol. The number of aryl methyl sites for hydroxylation is 1. The summed E-state index contributed by atoms with van der Waals surface area (Å²) in [5.74, 6) is 4.95. The maximum Gasteiger partial charge on any atom is 0.00725 e. The van der Waals surface area contributed by atoms with E-state index in [1.165, 1.54) is 50.5 Å². The summed E-state index contributed by atoms with van der Waals surface area (Å²) in [4.78, 5) is 0. The van der Waals surface area contributed by atoms with Crippen molar-refractivity contribution >= 4 is 0 Å². The van der Waals surface area contributed by atoms with Gasteiger partial charge in [-0.25, -0.2) is 0 Å². The Labute approximate surface area is 129 Å². The minimum Gasteiger partial charge on any atom is -0.327 e. The summed E-state index contributed by atoms with van der Waals surface area (Å²) in [5.41, 5.74) is 8.13. The smallest absolute Gasteiger partial charge is 0.00725 e. The summed E-state index contributed by atoms with van der Waals surface area (Å²) in [5, 5.41) is 0. The van der Waals surface area contributed by atoms with Crippen LogP contribution >= 0.6 is 0 Å². The Morgan fingerprint density at radius 3 is 2.14 bits per heavy atom. The van der Waals surface area contributed by atoms with Crippen LogP contribution in [0.3, 0.4) is 0 Å². The first-order chi connectivity index (χ1) is 10.3. The van der Waals surface area contributed by atoms with Crippen LogP contribution < -0.4 is 5.73 Å². The van der Waals surface area contributed by atoms with Crippen LogP contribution in [-0.4, -0.2) is 6.04 Å². The third-order valence-corrected chi connectivity index (χ3v) is 6.64. The summed E-state index contributed by atoms with van der Waals surface area (Å²) >= 11 is 0. The summed E-state index contributed by atoms with van der Waals surface area (Å²) in [6, 6.07) is 11.3. The van der Waals surface area contributed by atoms with Gasteiger partial charge in [0.25, 0.3) is 0 Å². The zero-order valence-electron chi connectivity index (χ0n) is 13.1. The van der Waals surface area contributed by atoms with E-state index in [1.807, 2.05) is 0 Å². The highest BCUT2D eigenvalue weighted by Crippen LogP contribution is 2.57. The van der Waals surface area contributed by atoms with E-state index >= 15 is 0 Å². The Balaban J connectivity index is 1.32. The fraction of sp³-hybridized carbons (Fsp3) is 0.700. The summed E-state index contributed by atoms with van der Waals surface area (Å²) < 4.78 is 0. The quantitative estimate of drug-likeness (QED) is 0.851. The first-order valence-electron chi connectivity index (χ1n) is 9.09. The van der Waals surface area contributed by atoms with Crippen molar-refractivity contribution in [2.24, 2.45) is 35.3 Å². The molecule has 1 unspecified atom stereocenters. The average molecular weight is 283 g/mol. The summed E-state index contributed by atoms with van der Waals surface area (Å²) in [6.07, 6.45) is 11.2. The zero-order valence-corrected chi connectivity index (χ0v) is 13.1. The van der Waals surface area contributed by atoms with Gasteiger partial charge in [0.1, 0.15) is 0 Å². The van der Waals surface area contributed by atoms with Crippen molar-refractivity contribution in [3.8, 4) is 0 Å². The minimum atomic E-state index is 0.462. The number of hydrogen-bond acceptors (Lipinski definition) is 1.